The summed E-state index contributed by atoms with van der Waals surface area (Å²) >= 11 is 0. The van der Waals surface area contributed by atoms with Crippen LogP contribution in [-0.2, 0) is 9.53 Å². The number of carboxylic acids is 1. The molecule has 1 aliphatic heterocycles. The molecule has 0 spiro atoms. The second kappa shape index (κ2) is 7.17. The maximum Gasteiger partial charge on any atom is 0.393 e. The van der Waals surface area contributed by atoms with E-state index in [1.54, 1.807) is 4.90 Å². The summed E-state index contributed by atoms with van der Waals surface area (Å²) in [6.07, 6.45) is 0.202. The van der Waals surface area contributed by atoms with Crippen molar-refractivity contribution in [3.05, 3.63) is 0 Å². The second-order valence-corrected chi connectivity index (χ2v) is 6.52. The van der Waals surface area contributed by atoms with Crippen molar-refractivity contribution >= 4 is 5.97 Å². The predicted molar refractivity (Wildman–Crippen MR) is 74.5 cm³/mol. The van der Waals surface area contributed by atoms with E-state index in [0.717, 1.165) is 19.3 Å². The molecule has 0 aromatic carbocycles. The highest BCUT2D eigenvalue weighted by Gasteiger charge is 2.52. The number of alkyl halides is 3. The SMILES string of the molecule is CC1CCCCC1OCCN1C[C@@H](C(F)(F)F)[C@H](C(=O)O)C1. The summed E-state index contributed by atoms with van der Waals surface area (Å²) in [5.74, 6) is -4.03. The highest BCUT2D eigenvalue weighted by atomic mass is 19.4. The quantitative estimate of drug-likeness (QED) is 0.845. The Labute approximate surface area is 128 Å². The van der Waals surface area contributed by atoms with Crippen LogP contribution in [0.3, 0.4) is 0 Å². The Balaban J connectivity index is 1.80. The molecule has 4 nitrogen and oxygen atoms in total. The Bertz CT molecular complexity index is 389. The van der Waals surface area contributed by atoms with Crippen LogP contribution in [0.15, 0.2) is 0 Å². The van der Waals surface area contributed by atoms with Gasteiger partial charge in [-0.2, -0.15) is 13.2 Å². The number of aliphatic carboxylic acids is 1. The van der Waals surface area contributed by atoms with Gasteiger partial charge < -0.3 is 9.84 Å². The Morgan fingerprint density at radius 3 is 2.50 bits per heavy atom. The normalized spacial score (nSPS) is 34.0. The van der Waals surface area contributed by atoms with E-state index in [1.807, 2.05) is 0 Å². The van der Waals surface area contributed by atoms with Crippen LogP contribution >= 0.6 is 0 Å². The molecule has 1 saturated carbocycles. The van der Waals surface area contributed by atoms with E-state index in [4.69, 9.17) is 9.84 Å². The van der Waals surface area contributed by atoms with Gasteiger partial charge in [0.2, 0.25) is 0 Å². The first-order valence-corrected chi connectivity index (χ1v) is 7.92. The molecule has 22 heavy (non-hydrogen) atoms. The van der Waals surface area contributed by atoms with E-state index in [0.29, 0.717) is 19.1 Å². The molecular formula is C15H24F3NO3. The molecule has 1 heterocycles. The Morgan fingerprint density at radius 2 is 1.95 bits per heavy atom. The van der Waals surface area contributed by atoms with Gasteiger partial charge in [-0.3, -0.25) is 9.69 Å². The zero-order valence-electron chi connectivity index (χ0n) is 12.8. The Hall–Kier alpha value is -0.820. The van der Waals surface area contributed by atoms with Crippen molar-refractivity contribution in [3.8, 4) is 0 Å². The van der Waals surface area contributed by atoms with Crippen LogP contribution in [0, 0.1) is 17.8 Å². The maximum absolute atomic E-state index is 12.9. The first-order valence-electron chi connectivity index (χ1n) is 7.92. The minimum Gasteiger partial charge on any atom is -0.481 e. The van der Waals surface area contributed by atoms with Crippen LogP contribution in [-0.4, -0.2) is 54.5 Å². The van der Waals surface area contributed by atoms with Crippen LogP contribution in [0.2, 0.25) is 0 Å². The summed E-state index contributed by atoms with van der Waals surface area (Å²) in [4.78, 5) is 12.6. The smallest absolute Gasteiger partial charge is 0.393 e. The van der Waals surface area contributed by atoms with Gasteiger partial charge in [-0.1, -0.05) is 19.8 Å². The fourth-order valence-electron chi connectivity index (χ4n) is 3.51. The fraction of sp³-hybridized carbons (Fsp3) is 0.933. The van der Waals surface area contributed by atoms with E-state index in [2.05, 4.69) is 6.92 Å². The van der Waals surface area contributed by atoms with Gasteiger partial charge in [0.15, 0.2) is 0 Å². The third-order valence-corrected chi connectivity index (χ3v) is 4.91. The van der Waals surface area contributed by atoms with Gasteiger partial charge in [0.1, 0.15) is 0 Å². The first kappa shape index (κ1) is 17.5. The zero-order valence-corrected chi connectivity index (χ0v) is 12.8. The van der Waals surface area contributed by atoms with Crippen molar-refractivity contribution in [3.63, 3.8) is 0 Å². The van der Waals surface area contributed by atoms with Crippen molar-refractivity contribution < 1.29 is 27.8 Å². The number of likely N-dealkylation sites (tertiary alicyclic amines) is 1. The minimum atomic E-state index is -4.46. The highest BCUT2D eigenvalue weighted by Crippen LogP contribution is 2.37. The standard InChI is InChI=1S/C15H24F3NO3/c1-10-4-2-3-5-13(10)22-7-6-19-8-11(14(20)21)12(9-19)15(16,17)18/h10-13H,2-9H2,1H3,(H,20,21)/t10?,11-,12-,13?/m1/s1. The molecule has 2 aliphatic rings. The molecule has 1 saturated heterocycles. The molecule has 128 valence electrons. The van der Waals surface area contributed by atoms with Crippen molar-refractivity contribution in [2.45, 2.75) is 44.9 Å². The molecule has 1 aliphatic carbocycles. The summed E-state index contributed by atoms with van der Waals surface area (Å²) < 4.78 is 44.5. The van der Waals surface area contributed by atoms with E-state index in [-0.39, 0.29) is 19.2 Å². The molecule has 0 amide bonds. The van der Waals surface area contributed by atoms with Crippen molar-refractivity contribution in [2.75, 3.05) is 26.2 Å². The van der Waals surface area contributed by atoms with Gasteiger partial charge in [-0.05, 0) is 18.8 Å². The molecule has 2 rings (SSSR count). The number of carboxylic acid groups (broad SMARTS) is 1. The fourth-order valence-corrected chi connectivity index (χ4v) is 3.51. The van der Waals surface area contributed by atoms with Crippen LogP contribution < -0.4 is 0 Å². The van der Waals surface area contributed by atoms with Gasteiger partial charge in [0, 0.05) is 19.6 Å². The molecule has 2 fully saturated rings. The van der Waals surface area contributed by atoms with E-state index in [9.17, 15) is 18.0 Å². The van der Waals surface area contributed by atoms with Gasteiger partial charge in [0.05, 0.1) is 24.5 Å². The number of carbonyl (C=O) groups is 1. The topological polar surface area (TPSA) is 49.8 Å². The minimum absolute atomic E-state index is 0.0525. The summed E-state index contributed by atoms with van der Waals surface area (Å²) in [6.45, 7) is 2.57. The lowest BCUT2D eigenvalue weighted by Gasteiger charge is -2.29. The molecule has 1 N–H and O–H groups in total. The van der Waals surface area contributed by atoms with E-state index in [1.165, 1.54) is 6.42 Å². The molecule has 0 aromatic rings. The van der Waals surface area contributed by atoms with Gasteiger partial charge in [-0.25, -0.2) is 0 Å². The maximum atomic E-state index is 12.9. The number of hydrogen-bond donors (Lipinski definition) is 1. The average Bonchev–Trinajstić information content (AvgIpc) is 2.85. The van der Waals surface area contributed by atoms with E-state index < -0.39 is 24.0 Å². The third-order valence-electron chi connectivity index (χ3n) is 4.91. The lowest BCUT2D eigenvalue weighted by molar-refractivity contribution is -0.188. The van der Waals surface area contributed by atoms with Crippen LogP contribution in [0.5, 0.6) is 0 Å². The number of ether oxygens (including phenoxy) is 1. The van der Waals surface area contributed by atoms with Gasteiger partial charge in [0.25, 0.3) is 0 Å². The number of hydrogen-bond acceptors (Lipinski definition) is 3. The summed E-state index contributed by atoms with van der Waals surface area (Å²) in [5, 5.41) is 8.97. The Morgan fingerprint density at radius 1 is 1.27 bits per heavy atom. The summed E-state index contributed by atoms with van der Waals surface area (Å²) in [6, 6.07) is 0. The molecule has 0 aromatic heterocycles. The van der Waals surface area contributed by atoms with Crippen LogP contribution in [0.4, 0.5) is 13.2 Å². The van der Waals surface area contributed by atoms with Crippen LogP contribution in [0.1, 0.15) is 32.6 Å². The Kier molecular flexibility index (Phi) is 5.71. The van der Waals surface area contributed by atoms with Gasteiger partial charge in [-0.15, -0.1) is 0 Å². The monoisotopic (exact) mass is 323 g/mol. The van der Waals surface area contributed by atoms with Crippen LogP contribution in [0.25, 0.3) is 0 Å². The highest BCUT2D eigenvalue weighted by molar-refractivity contribution is 5.71. The largest absolute Gasteiger partial charge is 0.481 e. The van der Waals surface area contributed by atoms with Gasteiger partial charge >= 0.3 is 12.1 Å². The van der Waals surface area contributed by atoms with Crippen molar-refractivity contribution in [1.29, 1.82) is 0 Å². The molecule has 2 unspecified atom stereocenters. The molecule has 0 radical (unpaired) electrons. The number of halogens is 3. The lowest BCUT2D eigenvalue weighted by atomic mass is 9.88. The summed E-state index contributed by atoms with van der Waals surface area (Å²) in [7, 11) is 0. The lowest BCUT2D eigenvalue weighted by Crippen LogP contribution is -2.34. The first-order chi connectivity index (χ1) is 10.3. The number of rotatable bonds is 5. The third kappa shape index (κ3) is 4.35. The molecule has 0 bridgehead atoms. The molecule has 4 atom stereocenters. The second-order valence-electron chi connectivity index (χ2n) is 6.52. The average molecular weight is 323 g/mol. The van der Waals surface area contributed by atoms with Crippen molar-refractivity contribution in [1.82, 2.24) is 4.90 Å². The van der Waals surface area contributed by atoms with Crippen molar-refractivity contribution in [2.24, 2.45) is 17.8 Å². The molecular weight excluding hydrogens is 299 g/mol. The number of nitrogens with zero attached hydrogens (tertiary/aromatic N) is 1. The summed E-state index contributed by atoms with van der Waals surface area (Å²) in [5.41, 5.74) is 0. The molecule has 7 heteroatoms. The predicted octanol–water partition coefficient (Wildman–Crippen LogP) is 2.78. The zero-order chi connectivity index (χ0) is 16.3. The van der Waals surface area contributed by atoms with E-state index >= 15 is 0 Å².